The SMILES string of the molecule is COCCn1c(CC2CC=C(c3ncc(F)c(OCc4ccc(C)cc4F)n3)CC2)nc2ccc(C(=O)OC)nc21. The van der Waals surface area contributed by atoms with Crippen LogP contribution in [0.1, 0.15) is 52.5 Å². The molecule has 0 N–H and O–H groups in total. The Labute approximate surface area is 236 Å². The minimum atomic E-state index is -0.700. The number of aryl methyl sites for hydroxylation is 1. The summed E-state index contributed by atoms with van der Waals surface area (Å²) >= 11 is 0. The number of nitrogens with zero attached hydrogens (tertiary/aromatic N) is 5. The largest absolute Gasteiger partial charge is 0.471 e. The minimum Gasteiger partial charge on any atom is -0.471 e. The smallest absolute Gasteiger partial charge is 0.356 e. The van der Waals surface area contributed by atoms with Crippen molar-refractivity contribution in [1.29, 1.82) is 0 Å². The molecular weight excluding hydrogens is 532 g/mol. The molecule has 1 aromatic carbocycles. The standard InChI is InChI=1S/C30H31F2N5O4/c1-18-4-7-21(22(31)14-18)17-41-29-23(32)16-33-27(36-29)20-8-5-19(6-9-20)15-26-34-24-10-11-25(30(38)40-3)35-28(24)37(26)12-13-39-2/h4,7-8,10-11,14,16,19H,5-6,9,12-13,15,17H2,1-3H3. The molecule has 11 heteroatoms. The number of esters is 1. The van der Waals surface area contributed by atoms with Crippen LogP contribution in [0.3, 0.4) is 0 Å². The first-order chi connectivity index (χ1) is 19.9. The Bertz CT molecular complexity index is 1600. The molecule has 0 saturated carbocycles. The fourth-order valence-corrected chi connectivity index (χ4v) is 4.90. The van der Waals surface area contributed by atoms with E-state index in [0.717, 1.165) is 36.0 Å². The lowest BCUT2D eigenvalue weighted by Gasteiger charge is -2.21. The molecule has 1 atom stereocenters. The van der Waals surface area contributed by atoms with Crippen LogP contribution in [0, 0.1) is 24.5 Å². The molecule has 0 bridgehead atoms. The summed E-state index contributed by atoms with van der Waals surface area (Å²) in [6.07, 6.45) is 6.18. The van der Waals surface area contributed by atoms with Crippen LogP contribution in [0.25, 0.3) is 16.7 Å². The van der Waals surface area contributed by atoms with E-state index in [1.165, 1.54) is 13.2 Å². The van der Waals surface area contributed by atoms with Gasteiger partial charge in [-0.3, -0.25) is 0 Å². The number of pyridine rings is 1. The molecule has 9 nitrogen and oxygen atoms in total. The fraction of sp³-hybridized carbons (Fsp3) is 0.367. The highest BCUT2D eigenvalue weighted by Crippen LogP contribution is 2.32. The summed E-state index contributed by atoms with van der Waals surface area (Å²) in [6.45, 7) is 2.68. The fourth-order valence-electron chi connectivity index (χ4n) is 4.90. The molecule has 41 heavy (non-hydrogen) atoms. The van der Waals surface area contributed by atoms with Gasteiger partial charge in [0.25, 0.3) is 5.88 Å². The average molecular weight is 564 g/mol. The van der Waals surface area contributed by atoms with Crippen molar-refractivity contribution in [2.45, 2.75) is 45.8 Å². The van der Waals surface area contributed by atoms with Crippen molar-refractivity contribution in [2.24, 2.45) is 5.92 Å². The van der Waals surface area contributed by atoms with Gasteiger partial charge in [-0.05, 0) is 61.4 Å². The van der Waals surface area contributed by atoms with Gasteiger partial charge in [-0.2, -0.15) is 9.37 Å². The van der Waals surface area contributed by atoms with Crippen molar-refractivity contribution in [3.05, 3.63) is 82.7 Å². The quantitative estimate of drug-likeness (QED) is 0.241. The van der Waals surface area contributed by atoms with Gasteiger partial charge >= 0.3 is 5.97 Å². The van der Waals surface area contributed by atoms with E-state index in [4.69, 9.17) is 19.2 Å². The molecular formula is C30H31F2N5O4. The third-order valence-electron chi connectivity index (χ3n) is 7.15. The third kappa shape index (κ3) is 6.40. The molecule has 0 spiro atoms. The highest BCUT2D eigenvalue weighted by Gasteiger charge is 2.23. The number of rotatable bonds is 10. The molecule has 0 fully saturated rings. The second-order valence-corrected chi connectivity index (χ2v) is 10.0. The summed E-state index contributed by atoms with van der Waals surface area (Å²) in [4.78, 5) is 29.8. The third-order valence-corrected chi connectivity index (χ3v) is 7.15. The van der Waals surface area contributed by atoms with E-state index in [1.807, 2.05) is 4.57 Å². The number of imidazole rings is 1. The van der Waals surface area contributed by atoms with Crippen molar-refractivity contribution < 1.29 is 27.8 Å². The molecule has 0 saturated heterocycles. The number of ether oxygens (including phenoxy) is 3. The average Bonchev–Trinajstić information content (AvgIpc) is 3.32. The van der Waals surface area contributed by atoms with Crippen LogP contribution in [-0.4, -0.2) is 51.3 Å². The van der Waals surface area contributed by atoms with Gasteiger partial charge in [0.1, 0.15) is 23.8 Å². The number of hydrogen-bond acceptors (Lipinski definition) is 8. The van der Waals surface area contributed by atoms with Gasteiger partial charge in [0.15, 0.2) is 17.2 Å². The van der Waals surface area contributed by atoms with Gasteiger partial charge in [-0.1, -0.05) is 18.2 Å². The Balaban J connectivity index is 1.30. The molecule has 0 amide bonds. The van der Waals surface area contributed by atoms with E-state index in [0.29, 0.717) is 54.5 Å². The maximum atomic E-state index is 14.4. The maximum Gasteiger partial charge on any atom is 0.356 e. The molecule has 4 aromatic rings. The monoisotopic (exact) mass is 563 g/mol. The summed E-state index contributed by atoms with van der Waals surface area (Å²) in [6, 6.07) is 8.19. The number of aromatic nitrogens is 5. The van der Waals surface area contributed by atoms with Crippen molar-refractivity contribution in [2.75, 3.05) is 20.8 Å². The van der Waals surface area contributed by atoms with Crippen molar-refractivity contribution in [3.63, 3.8) is 0 Å². The topological polar surface area (TPSA) is 101 Å². The molecule has 3 heterocycles. The van der Waals surface area contributed by atoms with Crippen LogP contribution < -0.4 is 4.74 Å². The number of methoxy groups -OCH3 is 2. The highest BCUT2D eigenvalue weighted by molar-refractivity contribution is 5.89. The second-order valence-electron chi connectivity index (χ2n) is 10.0. The van der Waals surface area contributed by atoms with E-state index in [2.05, 4.69) is 21.0 Å². The number of fused-ring (bicyclic) bond motifs is 1. The molecule has 1 aliphatic rings. The van der Waals surface area contributed by atoms with Gasteiger partial charge in [-0.25, -0.2) is 24.1 Å². The van der Waals surface area contributed by atoms with Gasteiger partial charge in [0.2, 0.25) is 5.82 Å². The van der Waals surface area contributed by atoms with Crippen LogP contribution >= 0.6 is 0 Å². The van der Waals surface area contributed by atoms with E-state index in [9.17, 15) is 13.6 Å². The number of allylic oxidation sites excluding steroid dienone is 2. The molecule has 1 unspecified atom stereocenters. The zero-order valence-corrected chi connectivity index (χ0v) is 23.2. The van der Waals surface area contributed by atoms with Gasteiger partial charge < -0.3 is 18.8 Å². The Morgan fingerprint density at radius 1 is 1.10 bits per heavy atom. The first-order valence-electron chi connectivity index (χ1n) is 13.4. The number of carbonyl (C=O) groups is 1. The number of hydrogen-bond donors (Lipinski definition) is 0. The number of benzene rings is 1. The Kier molecular flexibility index (Phi) is 8.63. The molecule has 214 valence electrons. The summed E-state index contributed by atoms with van der Waals surface area (Å²) in [7, 11) is 2.96. The van der Waals surface area contributed by atoms with Crippen LogP contribution in [0.15, 0.2) is 42.6 Å². The normalized spacial score (nSPS) is 15.1. The van der Waals surface area contributed by atoms with E-state index < -0.39 is 17.6 Å². The number of halogens is 2. The molecule has 5 rings (SSSR count). The van der Waals surface area contributed by atoms with E-state index in [1.54, 1.807) is 38.3 Å². The summed E-state index contributed by atoms with van der Waals surface area (Å²) in [5.74, 6) is -0.245. The Hall–Kier alpha value is -4.25. The van der Waals surface area contributed by atoms with Crippen LogP contribution in [0.4, 0.5) is 8.78 Å². The molecule has 0 radical (unpaired) electrons. The highest BCUT2D eigenvalue weighted by atomic mass is 19.1. The zero-order valence-electron chi connectivity index (χ0n) is 23.2. The van der Waals surface area contributed by atoms with E-state index in [-0.39, 0.29) is 18.2 Å². The van der Waals surface area contributed by atoms with E-state index >= 15 is 0 Å². The van der Waals surface area contributed by atoms with Crippen molar-refractivity contribution in [3.8, 4) is 5.88 Å². The number of carbonyl (C=O) groups excluding carboxylic acids is 1. The molecule has 3 aromatic heterocycles. The molecule has 0 aliphatic heterocycles. The minimum absolute atomic E-state index is 0.138. The maximum absolute atomic E-state index is 14.4. The lowest BCUT2D eigenvalue weighted by molar-refractivity contribution is 0.0594. The lowest BCUT2D eigenvalue weighted by Crippen LogP contribution is -2.15. The van der Waals surface area contributed by atoms with Crippen LogP contribution in [0.2, 0.25) is 0 Å². The zero-order chi connectivity index (χ0) is 28.9. The first kappa shape index (κ1) is 28.3. The lowest BCUT2D eigenvalue weighted by atomic mass is 9.87. The predicted octanol–water partition coefficient (Wildman–Crippen LogP) is 5.25. The molecule has 1 aliphatic carbocycles. The van der Waals surface area contributed by atoms with Gasteiger partial charge in [-0.15, -0.1) is 0 Å². The first-order valence-corrected chi connectivity index (χ1v) is 13.4. The summed E-state index contributed by atoms with van der Waals surface area (Å²) in [5, 5.41) is 0. The van der Waals surface area contributed by atoms with Crippen molar-refractivity contribution >= 4 is 22.7 Å². The second kappa shape index (κ2) is 12.5. The Morgan fingerprint density at radius 2 is 1.95 bits per heavy atom. The van der Waals surface area contributed by atoms with Gasteiger partial charge in [0.05, 0.1) is 19.9 Å². The Morgan fingerprint density at radius 3 is 2.68 bits per heavy atom. The van der Waals surface area contributed by atoms with Crippen molar-refractivity contribution in [1.82, 2.24) is 24.5 Å². The van der Waals surface area contributed by atoms with Crippen LogP contribution in [0.5, 0.6) is 5.88 Å². The summed E-state index contributed by atoms with van der Waals surface area (Å²) in [5.41, 5.74) is 3.56. The van der Waals surface area contributed by atoms with Crippen LogP contribution in [-0.2, 0) is 29.0 Å². The summed E-state index contributed by atoms with van der Waals surface area (Å²) < 4.78 is 46.2. The van der Waals surface area contributed by atoms with Gasteiger partial charge in [0, 0.05) is 25.6 Å². The predicted molar refractivity (Wildman–Crippen MR) is 147 cm³/mol.